The summed E-state index contributed by atoms with van der Waals surface area (Å²) in [6.45, 7) is 1.61. The third-order valence-corrected chi connectivity index (χ3v) is 9.01. The number of rotatable bonds is 12. The zero-order valence-corrected chi connectivity index (χ0v) is 25.2. The molecule has 0 atom stereocenters. The van der Waals surface area contributed by atoms with Gasteiger partial charge in [-0.05, 0) is 43.4 Å². The number of aromatic amines is 1. The summed E-state index contributed by atoms with van der Waals surface area (Å²) in [5.41, 5.74) is 1.26. The van der Waals surface area contributed by atoms with E-state index >= 15 is 0 Å². The molecular weight excluding hydrogens is 603 g/mol. The second-order valence-corrected chi connectivity index (χ2v) is 12.0. The van der Waals surface area contributed by atoms with Crippen LogP contribution >= 0.6 is 0 Å². The molecule has 0 aromatic carbocycles. The highest BCUT2D eigenvalue weighted by Crippen LogP contribution is 2.45. The highest BCUT2D eigenvalue weighted by Gasteiger charge is 2.49. The monoisotopic (exact) mass is 639 g/mol. The van der Waals surface area contributed by atoms with Crippen LogP contribution in [0.1, 0.15) is 43.4 Å². The first-order valence-corrected chi connectivity index (χ1v) is 15.3. The van der Waals surface area contributed by atoms with Crippen LogP contribution in [0.3, 0.4) is 0 Å². The Labute approximate surface area is 263 Å². The van der Waals surface area contributed by atoms with Crippen molar-refractivity contribution in [3.05, 3.63) is 54.4 Å². The number of pyridine rings is 1. The smallest absolute Gasteiger partial charge is 0.433 e. The molecule has 2 aliphatic rings. The lowest BCUT2D eigenvalue weighted by Crippen LogP contribution is -2.58. The highest BCUT2D eigenvalue weighted by atomic mass is 19.4. The second kappa shape index (κ2) is 13.3. The molecule has 1 saturated carbocycles. The van der Waals surface area contributed by atoms with Crippen LogP contribution < -0.4 is 4.74 Å². The quantitative estimate of drug-likeness (QED) is 0.211. The Kier molecular flexibility index (Phi) is 9.23. The minimum Gasteiger partial charge on any atom is -0.474 e. The predicted molar refractivity (Wildman–Crippen MR) is 160 cm³/mol. The summed E-state index contributed by atoms with van der Waals surface area (Å²) in [5, 5.41) is 33.8. The number of ether oxygens (including phenoxy) is 1. The number of nitriles is 1. The number of aliphatic hydroxyl groups excluding tert-OH is 2. The topological polar surface area (TPSA) is 152 Å². The van der Waals surface area contributed by atoms with Crippen LogP contribution in [0.4, 0.5) is 13.2 Å². The normalized spacial score (nSPS) is 21.0. The average molecular weight is 640 g/mol. The van der Waals surface area contributed by atoms with Crippen molar-refractivity contribution in [2.75, 3.05) is 39.4 Å². The zero-order chi connectivity index (χ0) is 32.3. The molecule has 1 aliphatic carbocycles. The van der Waals surface area contributed by atoms with Gasteiger partial charge in [0.25, 0.3) is 0 Å². The first kappa shape index (κ1) is 31.9. The minimum absolute atomic E-state index is 0.0806. The summed E-state index contributed by atoms with van der Waals surface area (Å²) in [5.74, 6) is -0.0806. The Morgan fingerprint density at radius 3 is 2.59 bits per heavy atom. The lowest BCUT2D eigenvalue weighted by molar-refractivity contribution is -0.141. The van der Waals surface area contributed by atoms with Crippen molar-refractivity contribution in [3.63, 3.8) is 0 Å². The van der Waals surface area contributed by atoms with Crippen molar-refractivity contribution < 1.29 is 28.1 Å². The molecule has 1 aliphatic heterocycles. The van der Waals surface area contributed by atoms with Gasteiger partial charge < -0.3 is 19.9 Å². The number of hydrogen-bond donors (Lipinski definition) is 3. The van der Waals surface area contributed by atoms with Gasteiger partial charge in [0, 0.05) is 68.2 Å². The van der Waals surface area contributed by atoms with Gasteiger partial charge in [0.2, 0.25) is 5.88 Å². The summed E-state index contributed by atoms with van der Waals surface area (Å²) >= 11 is 0. The van der Waals surface area contributed by atoms with E-state index in [-0.39, 0.29) is 50.9 Å². The maximum Gasteiger partial charge on any atom is 0.433 e. The van der Waals surface area contributed by atoms with Crippen LogP contribution in [0.5, 0.6) is 5.88 Å². The third kappa shape index (κ3) is 6.70. The molecule has 0 spiro atoms. The van der Waals surface area contributed by atoms with Gasteiger partial charge in [0.1, 0.15) is 23.8 Å². The van der Waals surface area contributed by atoms with Crippen LogP contribution in [-0.2, 0) is 18.3 Å². The molecule has 6 rings (SSSR count). The Morgan fingerprint density at radius 1 is 1.13 bits per heavy atom. The number of hydrogen-bond acceptors (Lipinski definition) is 10. The van der Waals surface area contributed by atoms with Crippen molar-refractivity contribution >= 4 is 11.0 Å². The zero-order valence-electron chi connectivity index (χ0n) is 25.2. The Morgan fingerprint density at radius 2 is 1.89 bits per heavy atom. The molecule has 3 N–H and O–H groups in total. The predicted octanol–water partition coefficient (Wildman–Crippen LogP) is 3.34. The highest BCUT2D eigenvalue weighted by molar-refractivity contribution is 5.90. The average Bonchev–Trinajstić information content (AvgIpc) is 3.70. The molecule has 0 bridgehead atoms. The Hall–Kier alpha value is -4.10. The number of likely N-dealkylation sites (tertiary alicyclic amines) is 1. The minimum atomic E-state index is -4.64. The number of piperidine rings is 1. The van der Waals surface area contributed by atoms with Gasteiger partial charge >= 0.3 is 6.18 Å². The molecule has 15 heteroatoms. The Bertz CT molecular complexity index is 1660. The van der Waals surface area contributed by atoms with Gasteiger partial charge in [-0.2, -0.15) is 23.5 Å². The number of aromatic nitrogens is 6. The molecule has 2 fully saturated rings. The van der Waals surface area contributed by atoms with Crippen LogP contribution in [0.25, 0.3) is 22.3 Å². The van der Waals surface area contributed by atoms with Gasteiger partial charge in [-0.3, -0.25) is 14.5 Å². The fourth-order valence-electron chi connectivity index (χ4n) is 6.64. The number of aliphatic hydroxyl groups is 2. The van der Waals surface area contributed by atoms with Crippen molar-refractivity contribution in [3.8, 4) is 23.2 Å². The van der Waals surface area contributed by atoms with Crippen molar-refractivity contribution in [1.29, 1.82) is 5.26 Å². The first-order chi connectivity index (χ1) is 22.2. The fourth-order valence-corrected chi connectivity index (χ4v) is 6.64. The lowest BCUT2D eigenvalue weighted by atomic mass is 9.69. The standard InChI is InChI=1S/C31H36F3N9O3/c32-31(33,34)26-13-21(18-41(9-11-44)10-12-45)14-27(40-26)46-24-2-7-42(8-3-24)23-15-30(16-23,4-5-35)43-19-22(17-39-43)28-25-1-6-36-29(25)38-20-37-28/h1,6,13-14,17,19-20,23-24,44-45H,2-4,7-12,15-16,18H2,(H,36,37,38). The van der Waals surface area contributed by atoms with Gasteiger partial charge in [0.05, 0.1) is 43.1 Å². The number of nitrogens with zero attached hydrogens (tertiary/aromatic N) is 8. The summed E-state index contributed by atoms with van der Waals surface area (Å²) in [6, 6.07) is 7.01. The van der Waals surface area contributed by atoms with Crippen molar-refractivity contribution in [1.82, 2.24) is 39.5 Å². The molecule has 4 aromatic rings. The van der Waals surface area contributed by atoms with Crippen LogP contribution in [0.15, 0.2) is 43.1 Å². The molecule has 244 valence electrons. The molecule has 0 unspecified atom stereocenters. The van der Waals surface area contributed by atoms with Gasteiger partial charge in [-0.25, -0.2) is 15.0 Å². The van der Waals surface area contributed by atoms with Gasteiger partial charge in [-0.15, -0.1) is 0 Å². The lowest BCUT2D eigenvalue weighted by Gasteiger charge is -2.52. The van der Waals surface area contributed by atoms with E-state index in [2.05, 4.69) is 36.0 Å². The Balaban J connectivity index is 1.08. The molecule has 46 heavy (non-hydrogen) atoms. The van der Waals surface area contributed by atoms with Crippen molar-refractivity contribution in [2.24, 2.45) is 0 Å². The largest absolute Gasteiger partial charge is 0.474 e. The van der Waals surface area contributed by atoms with E-state index in [1.807, 2.05) is 23.1 Å². The number of halogens is 3. The maximum absolute atomic E-state index is 13.7. The number of alkyl halides is 3. The molecule has 12 nitrogen and oxygen atoms in total. The SMILES string of the molecule is N#CCC1(n2cc(-c3ncnc4[nH]ccc34)cn2)CC(N2CCC(Oc3cc(CN(CCO)CCO)cc(C(F)(F)F)n3)CC2)C1. The number of nitrogens with one attached hydrogen (secondary N) is 1. The van der Waals surface area contributed by atoms with E-state index in [4.69, 9.17) is 4.74 Å². The first-order valence-electron chi connectivity index (χ1n) is 15.3. The summed E-state index contributed by atoms with van der Waals surface area (Å²) < 4.78 is 48.9. The third-order valence-electron chi connectivity index (χ3n) is 9.01. The van der Waals surface area contributed by atoms with Crippen LogP contribution in [-0.4, -0.2) is 101 Å². The summed E-state index contributed by atoms with van der Waals surface area (Å²) in [7, 11) is 0. The van der Waals surface area contributed by atoms with E-state index in [0.717, 1.165) is 41.2 Å². The molecular formula is C31H36F3N9O3. The van der Waals surface area contributed by atoms with Gasteiger partial charge in [0.15, 0.2) is 0 Å². The number of H-pyrrole nitrogens is 1. The molecule has 5 heterocycles. The summed E-state index contributed by atoms with van der Waals surface area (Å²) in [6.07, 6.45) is 5.21. The second-order valence-electron chi connectivity index (χ2n) is 12.0. The van der Waals surface area contributed by atoms with E-state index < -0.39 is 17.4 Å². The maximum atomic E-state index is 13.7. The van der Waals surface area contributed by atoms with Crippen LogP contribution in [0, 0.1) is 11.3 Å². The molecule has 1 saturated heterocycles. The number of fused-ring (bicyclic) bond motifs is 1. The van der Waals surface area contributed by atoms with Gasteiger partial charge in [-0.1, -0.05) is 0 Å². The van der Waals surface area contributed by atoms with E-state index in [9.17, 15) is 28.6 Å². The van der Waals surface area contributed by atoms with E-state index in [1.165, 1.54) is 12.4 Å². The van der Waals surface area contributed by atoms with Crippen molar-refractivity contribution in [2.45, 2.75) is 62.5 Å². The fraction of sp³-hybridized carbons (Fsp3) is 0.516. The molecule has 4 aromatic heterocycles. The molecule has 0 radical (unpaired) electrons. The van der Waals surface area contributed by atoms with Crippen LogP contribution in [0.2, 0.25) is 0 Å². The van der Waals surface area contributed by atoms with E-state index in [1.54, 1.807) is 11.1 Å². The molecule has 0 amide bonds. The van der Waals surface area contributed by atoms with E-state index in [0.29, 0.717) is 37.9 Å². The summed E-state index contributed by atoms with van der Waals surface area (Å²) in [4.78, 5) is 19.6.